The van der Waals surface area contributed by atoms with Crippen LogP contribution in [0.3, 0.4) is 0 Å². The molecule has 0 radical (unpaired) electrons. The van der Waals surface area contributed by atoms with Crippen LogP contribution in [-0.2, 0) is 25.6 Å². The molecular formula is C31H34F2N2O7. The summed E-state index contributed by atoms with van der Waals surface area (Å²) >= 11 is 0. The number of para-hydroxylation sites is 1. The van der Waals surface area contributed by atoms with E-state index in [4.69, 9.17) is 18.9 Å². The Morgan fingerprint density at radius 2 is 1.64 bits per heavy atom. The number of anilines is 1. The number of nitrogens with one attached hydrogen (secondary N) is 1. The van der Waals surface area contributed by atoms with E-state index in [0.717, 1.165) is 17.1 Å². The first-order valence-electron chi connectivity index (χ1n) is 13.1. The monoisotopic (exact) mass is 584 g/mol. The summed E-state index contributed by atoms with van der Waals surface area (Å²) in [5.74, 6) is -2.79. The number of hydrazine groups is 1. The number of amides is 1. The lowest BCUT2D eigenvalue weighted by Gasteiger charge is -2.29. The minimum atomic E-state index is -0.940. The molecule has 1 N–H and O–H groups in total. The predicted octanol–water partition coefficient (Wildman–Crippen LogP) is 6.43. The molecule has 0 aliphatic carbocycles. The van der Waals surface area contributed by atoms with Crippen molar-refractivity contribution >= 4 is 23.7 Å². The first kappa shape index (κ1) is 31.9. The zero-order valence-electron chi connectivity index (χ0n) is 24.4. The Bertz CT molecular complexity index is 1440. The standard InChI is InChI=1S/C31H34F2N2O7/c1-7-40-27(36)17-35(30(38)42-31(3,4)5)34-28-21(9-8-10-23(28)29(37)39-6)18-41-22-13-11-20(12-14-22)24-16-26(33)25(32)15-19(24)2/h8-16,34H,7,17-18H2,1-6H3. The van der Waals surface area contributed by atoms with Crippen molar-refractivity contribution in [2.24, 2.45) is 0 Å². The molecule has 0 spiro atoms. The van der Waals surface area contributed by atoms with E-state index in [9.17, 15) is 23.2 Å². The van der Waals surface area contributed by atoms with Gasteiger partial charge < -0.3 is 18.9 Å². The van der Waals surface area contributed by atoms with E-state index in [2.05, 4.69) is 5.43 Å². The number of benzene rings is 3. The topological polar surface area (TPSA) is 103 Å². The Morgan fingerprint density at radius 1 is 0.976 bits per heavy atom. The largest absolute Gasteiger partial charge is 0.489 e. The molecule has 1 amide bonds. The van der Waals surface area contributed by atoms with Crippen LogP contribution in [-0.4, -0.2) is 48.9 Å². The molecule has 0 fully saturated rings. The summed E-state index contributed by atoms with van der Waals surface area (Å²) in [7, 11) is 1.22. The lowest BCUT2D eigenvalue weighted by molar-refractivity contribution is -0.144. The van der Waals surface area contributed by atoms with Gasteiger partial charge in [0.25, 0.3) is 0 Å². The van der Waals surface area contributed by atoms with E-state index in [1.807, 2.05) is 0 Å². The van der Waals surface area contributed by atoms with Crippen LogP contribution < -0.4 is 10.2 Å². The maximum absolute atomic E-state index is 13.8. The van der Waals surface area contributed by atoms with Gasteiger partial charge in [0.15, 0.2) is 11.6 Å². The van der Waals surface area contributed by atoms with Gasteiger partial charge in [-0.25, -0.2) is 23.4 Å². The van der Waals surface area contributed by atoms with Crippen molar-refractivity contribution in [2.75, 3.05) is 25.7 Å². The van der Waals surface area contributed by atoms with Crippen LogP contribution in [0.25, 0.3) is 11.1 Å². The number of esters is 2. The van der Waals surface area contributed by atoms with E-state index < -0.39 is 41.8 Å². The zero-order chi connectivity index (χ0) is 31.0. The van der Waals surface area contributed by atoms with Gasteiger partial charge >= 0.3 is 18.0 Å². The van der Waals surface area contributed by atoms with Gasteiger partial charge in [-0.1, -0.05) is 24.3 Å². The molecular weight excluding hydrogens is 550 g/mol. The molecule has 0 aliphatic rings. The first-order valence-corrected chi connectivity index (χ1v) is 13.1. The van der Waals surface area contributed by atoms with Gasteiger partial charge in [0.1, 0.15) is 24.5 Å². The van der Waals surface area contributed by atoms with Gasteiger partial charge in [-0.2, -0.15) is 0 Å². The van der Waals surface area contributed by atoms with Crippen LogP contribution in [0.15, 0.2) is 54.6 Å². The predicted molar refractivity (Wildman–Crippen MR) is 152 cm³/mol. The molecule has 0 bridgehead atoms. The van der Waals surface area contributed by atoms with E-state index in [-0.39, 0.29) is 24.5 Å². The van der Waals surface area contributed by atoms with Crippen molar-refractivity contribution < 1.29 is 42.1 Å². The second-order valence-corrected chi connectivity index (χ2v) is 10.2. The lowest BCUT2D eigenvalue weighted by atomic mass is 10.0. The van der Waals surface area contributed by atoms with E-state index in [1.54, 1.807) is 71.0 Å². The number of halogens is 2. The van der Waals surface area contributed by atoms with Crippen LogP contribution >= 0.6 is 0 Å². The highest BCUT2D eigenvalue weighted by Crippen LogP contribution is 2.29. The number of ether oxygens (including phenoxy) is 4. The van der Waals surface area contributed by atoms with Gasteiger partial charge in [0.05, 0.1) is 25.0 Å². The fraction of sp³-hybridized carbons (Fsp3) is 0.323. The van der Waals surface area contributed by atoms with Gasteiger partial charge in [-0.3, -0.25) is 10.2 Å². The molecule has 11 heteroatoms. The van der Waals surface area contributed by atoms with Crippen LogP contribution in [0.2, 0.25) is 0 Å². The third-order valence-electron chi connectivity index (χ3n) is 5.84. The van der Waals surface area contributed by atoms with Gasteiger partial charge in [-0.05, 0) is 81.6 Å². The van der Waals surface area contributed by atoms with Crippen molar-refractivity contribution in [3.05, 3.63) is 82.9 Å². The molecule has 3 rings (SSSR count). The first-order chi connectivity index (χ1) is 19.8. The summed E-state index contributed by atoms with van der Waals surface area (Å²) in [5, 5.41) is 0.910. The molecule has 42 heavy (non-hydrogen) atoms. The smallest absolute Gasteiger partial charge is 0.429 e. The minimum absolute atomic E-state index is 0.0573. The van der Waals surface area contributed by atoms with Crippen molar-refractivity contribution in [1.82, 2.24) is 5.01 Å². The Hall–Kier alpha value is -4.67. The molecule has 0 unspecified atom stereocenters. The summed E-state index contributed by atoms with van der Waals surface area (Å²) in [4.78, 5) is 37.9. The molecule has 0 aliphatic heterocycles. The van der Waals surface area contributed by atoms with Gasteiger partial charge in [-0.15, -0.1) is 0 Å². The number of carbonyl (C=O) groups is 3. The molecule has 9 nitrogen and oxygen atoms in total. The lowest BCUT2D eigenvalue weighted by Crippen LogP contribution is -2.44. The SMILES string of the molecule is CCOC(=O)CN(Nc1c(COc2ccc(-c3cc(F)c(F)cc3C)cc2)cccc1C(=O)OC)C(=O)OC(C)(C)C. The molecule has 0 saturated heterocycles. The number of rotatable bonds is 10. The minimum Gasteiger partial charge on any atom is -0.489 e. The van der Waals surface area contributed by atoms with Crippen molar-refractivity contribution in [1.29, 1.82) is 0 Å². The van der Waals surface area contributed by atoms with Crippen LogP contribution in [0.1, 0.15) is 49.2 Å². The summed E-state index contributed by atoms with van der Waals surface area (Å²) in [6.07, 6.45) is -0.870. The van der Waals surface area contributed by atoms with Gasteiger partial charge in [0.2, 0.25) is 0 Å². The average Bonchev–Trinajstić information content (AvgIpc) is 2.93. The second-order valence-electron chi connectivity index (χ2n) is 10.2. The summed E-state index contributed by atoms with van der Waals surface area (Å²) in [5.41, 5.74) is 4.45. The third kappa shape index (κ3) is 8.42. The number of nitrogens with zero attached hydrogens (tertiary/aromatic N) is 1. The van der Waals surface area contributed by atoms with E-state index >= 15 is 0 Å². The van der Waals surface area contributed by atoms with Crippen LogP contribution in [0.4, 0.5) is 19.3 Å². The molecule has 0 saturated carbocycles. The normalized spacial score (nSPS) is 11.0. The Kier molecular flexibility index (Phi) is 10.5. The van der Waals surface area contributed by atoms with Crippen LogP contribution in [0, 0.1) is 18.6 Å². The van der Waals surface area contributed by atoms with Gasteiger partial charge in [0, 0.05) is 5.56 Å². The fourth-order valence-corrected chi connectivity index (χ4v) is 3.92. The van der Waals surface area contributed by atoms with E-state index in [0.29, 0.717) is 28.0 Å². The molecule has 0 atom stereocenters. The Balaban J connectivity index is 1.90. The molecule has 224 valence electrons. The highest BCUT2D eigenvalue weighted by atomic mass is 19.2. The molecule has 0 aromatic heterocycles. The molecule has 3 aromatic carbocycles. The highest BCUT2D eigenvalue weighted by molar-refractivity contribution is 5.97. The van der Waals surface area contributed by atoms with Crippen LogP contribution in [0.5, 0.6) is 5.75 Å². The van der Waals surface area contributed by atoms with Crippen molar-refractivity contribution in [3.63, 3.8) is 0 Å². The number of carbonyl (C=O) groups excluding carboxylic acids is 3. The summed E-state index contributed by atoms with van der Waals surface area (Å²) < 4.78 is 48.7. The Labute approximate surface area is 243 Å². The third-order valence-corrected chi connectivity index (χ3v) is 5.84. The number of aryl methyl sites for hydroxylation is 1. The number of hydrogen-bond acceptors (Lipinski definition) is 8. The summed E-state index contributed by atoms with van der Waals surface area (Å²) in [6, 6.07) is 13.8. The number of methoxy groups -OCH3 is 1. The maximum Gasteiger partial charge on any atom is 0.429 e. The number of hydrogen-bond donors (Lipinski definition) is 1. The quantitative estimate of drug-likeness (QED) is 0.165. The second kappa shape index (κ2) is 13.8. The fourth-order valence-electron chi connectivity index (χ4n) is 3.92. The molecule has 3 aromatic rings. The zero-order valence-corrected chi connectivity index (χ0v) is 24.4. The summed E-state index contributed by atoms with van der Waals surface area (Å²) in [6.45, 7) is 7.89. The highest BCUT2D eigenvalue weighted by Gasteiger charge is 2.27. The Morgan fingerprint density at radius 3 is 2.26 bits per heavy atom. The maximum atomic E-state index is 13.8. The van der Waals surface area contributed by atoms with E-state index in [1.165, 1.54) is 13.2 Å². The van der Waals surface area contributed by atoms with Crippen molar-refractivity contribution in [2.45, 2.75) is 46.8 Å². The average molecular weight is 585 g/mol. The molecule has 0 heterocycles. The van der Waals surface area contributed by atoms with Crippen molar-refractivity contribution in [3.8, 4) is 16.9 Å².